The molecule has 0 aromatic heterocycles. The molecule has 0 amide bonds. The van der Waals surface area contributed by atoms with Crippen LogP contribution in [0.1, 0.15) is 60.8 Å². The summed E-state index contributed by atoms with van der Waals surface area (Å²) in [5.74, 6) is -0.128. The van der Waals surface area contributed by atoms with Gasteiger partial charge in [-0.25, -0.2) is 0 Å². The topological polar surface area (TPSA) is 41.6 Å². The lowest BCUT2D eigenvalue weighted by Crippen LogP contribution is -2.53. The minimum Gasteiger partial charge on any atom is -0.465 e. The Morgan fingerprint density at radius 2 is 1.80 bits per heavy atom. The summed E-state index contributed by atoms with van der Waals surface area (Å²) < 4.78 is 5.22. The Labute approximate surface area is 125 Å². The second kappa shape index (κ2) is 10.2. The first-order valence-corrected chi connectivity index (χ1v) is 8.06. The number of ether oxygens (including phenoxy) is 1. The number of rotatable bonds is 11. The van der Waals surface area contributed by atoms with Gasteiger partial charge in [0.1, 0.15) is 5.54 Å². The summed E-state index contributed by atoms with van der Waals surface area (Å²) in [6, 6.07) is 0.271. The quantitative estimate of drug-likeness (QED) is 0.468. The van der Waals surface area contributed by atoms with Gasteiger partial charge in [0.05, 0.1) is 6.61 Å². The fourth-order valence-corrected chi connectivity index (χ4v) is 2.51. The molecule has 0 bridgehead atoms. The highest BCUT2D eigenvalue weighted by molar-refractivity contribution is 5.80. The third-order valence-electron chi connectivity index (χ3n) is 3.63. The molecule has 0 aliphatic heterocycles. The summed E-state index contributed by atoms with van der Waals surface area (Å²) in [5.41, 5.74) is -0.562. The summed E-state index contributed by atoms with van der Waals surface area (Å²) in [4.78, 5) is 14.6. The zero-order chi connectivity index (χ0) is 15.6. The number of nitrogens with one attached hydrogen (secondary N) is 1. The molecule has 0 heterocycles. The normalized spacial score (nSPS) is 14.6. The molecule has 0 aliphatic carbocycles. The second-order valence-corrected chi connectivity index (χ2v) is 5.84. The van der Waals surface area contributed by atoms with Crippen LogP contribution in [0.2, 0.25) is 0 Å². The Morgan fingerprint density at radius 1 is 1.20 bits per heavy atom. The Morgan fingerprint density at radius 3 is 2.25 bits per heavy atom. The van der Waals surface area contributed by atoms with Gasteiger partial charge in [-0.1, -0.05) is 13.8 Å². The minimum absolute atomic E-state index is 0.128. The molecule has 0 rings (SSSR count). The fourth-order valence-electron chi connectivity index (χ4n) is 2.51. The van der Waals surface area contributed by atoms with Crippen LogP contribution in [0, 0.1) is 0 Å². The van der Waals surface area contributed by atoms with Crippen molar-refractivity contribution >= 4 is 5.97 Å². The summed E-state index contributed by atoms with van der Waals surface area (Å²) >= 11 is 0. The molecule has 0 saturated carbocycles. The van der Waals surface area contributed by atoms with Gasteiger partial charge in [-0.15, -0.1) is 0 Å². The SMILES string of the molecule is CCOC(=O)C(C)(CCCCN(CC)CC)NC(C)C. The molecule has 0 aromatic rings. The average molecular weight is 286 g/mol. The van der Waals surface area contributed by atoms with E-state index in [0.29, 0.717) is 6.61 Å². The van der Waals surface area contributed by atoms with Crippen LogP contribution in [0.4, 0.5) is 0 Å². The van der Waals surface area contributed by atoms with E-state index < -0.39 is 5.54 Å². The van der Waals surface area contributed by atoms with E-state index in [0.717, 1.165) is 38.9 Å². The molecule has 0 spiro atoms. The molecule has 0 aliphatic rings. The van der Waals surface area contributed by atoms with Crippen molar-refractivity contribution in [1.29, 1.82) is 0 Å². The zero-order valence-corrected chi connectivity index (χ0v) is 14.3. The van der Waals surface area contributed by atoms with E-state index in [2.05, 4.69) is 37.9 Å². The van der Waals surface area contributed by atoms with Gasteiger partial charge in [0.2, 0.25) is 0 Å². The molecule has 4 nitrogen and oxygen atoms in total. The maximum atomic E-state index is 12.1. The van der Waals surface area contributed by atoms with E-state index in [1.807, 2.05) is 13.8 Å². The van der Waals surface area contributed by atoms with Crippen LogP contribution in [0.5, 0.6) is 0 Å². The third-order valence-corrected chi connectivity index (χ3v) is 3.63. The van der Waals surface area contributed by atoms with Gasteiger partial charge in [-0.3, -0.25) is 10.1 Å². The summed E-state index contributed by atoms with van der Waals surface area (Å²) in [5, 5.41) is 3.37. The van der Waals surface area contributed by atoms with E-state index in [-0.39, 0.29) is 12.0 Å². The van der Waals surface area contributed by atoms with Crippen LogP contribution < -0.4 is 5.32 Å². The highest BCUT2D eigenvalue weighted by atomic mass is 16.5. The maximum Gasteiger partial charge on any atom is 0.326 e. The first-order chi connectivity index (χ1) is 9.39. The molecule has 1 N–H and O–H groups in total. The molecule has 0 saturated heterocycles. The number of carbonyl (C=O) groups is 1. The molecule has 120 valence electrons. The predicted octanol–water partition coefficient (Wildman–Crippen LogP) is 2.82. The number of hydrogen-bond acceptors (Lipinski definition) is 4. The molecule has 1 atom stereocenters. The van der Waals surface area contributed by atoms with Crippen molar-refractivity contribution in [1.82, 2.24) is 10.2 Å². The van der Waals surface area contributed by atoms with E-state index in [1.54, 1.807) is 0 Å². The van der Waals surface area contributed by atoms with Crippen LogP contribution in [-0.2, 0) is 9.53 Å². The van der Waals surface area contributed by atoms with Gasteiger partial charge in [0.15, 0.2) is 0 Å². The molecular formula is C16H34N2O2. The van der Waals surface area contributed by atoms with Crippen molar-refractivity contribution in [2.75, 3.05) is 26.2 Å². The van der Waals surface area contributed by atoms with Crippen molar-refractivity contribution in [3.63, 3.8) is 0 Å². The fraction of sp³-hybridized carbons (Fsp3) is 0.938. The molecule has 1 unspecified atom stereocenters. The Kier molecular flexibility index (Phi) is 9.86. The molecule has 4 heteroatoms. The lowest BCUT2D eigenvalue weighted by atomic mass is 9.93. The van der Waals surface area contributed by atoms with Gasteiger partial charge in [0.25, 0.3) is 0 Å². The van der Waals surface area contributed by atoms with Gasteiger partial charge >= 0.3 is 5.97 Å². The Balaban J connectivity index is 4.33. The molecule has 0 fully saturated rings. The van der Waals surface area contributed by atoms with Crippen molar-refractivity contribution in [2.45, 2.75) is 72.4 Å². The maximum absolute atomic E-state index is 12.1. The Hall–Kier alpha value is -0.610. The summed E-state index contributed by atoms with van der Waals surface area (Å²) in [6.45, 7) is 16.0. The summed E-state index contributed by atoms with van der Waals surface area (Å²) in [6.07, 6.45) is 2.98. The number of esters is 1. The summed E-state index contributed by atoms with van der Waals surface area (Å²) in [7, 11) is 0. The van der Waals surface area contributed by atoms with Crippen LogP contribution in [0.15, 0.2) is 0 Å². The van der Waals surface area contributed by atoms with E-state index in [4.69, 9.17) is 4.74 Å². The van der Waals surface area contributed by atoms with E-state index in [1.165, 1.54) is 0 Å². The molecule has 0 radical (unpaired) electrons. The molecule has 0 aromatic carbocycles. The van der Waals surface area contributed by atoms with E-state index >= 15 is 0 Å². The highest BCUT2D eigenvalue weighted by Crippen LogP contribution is 2.17. The smallest absolute Gasteiger partial charge is 0.326 e. The first-order valence-electron chi connectivity index (χ1n) is 8.06. The monoisotopic (exact) mass is 286 g/mol. The van der Waals surface area contributed by atoms with Crippen LogP contribution in [0.25, 0.3) is 0 Å². The number of hydrogen-bond donors (Lipinski definition) is 1. The minimum atomic E-state index is -0.562. The average Bonchev–Trinajstić information content (AvgIpc) is 2.38. The lowest BCUT2D eigenvalue weighted by molar-refractivity contribution is -0.151. The zero-order valence-electron chi connectivity index (χ0n) is 14.3. The lowest BCUT2D eigenvalue weighted by Gasteiger charge is -2.31. The molecule has 20 heavy (non-hydrogen) atoms. The molecular weight excluding hydrogens is 252 g/mol. The predicted molar refractivity (Wildman–Crippen MR) is 84.9 cm³/mol. The van der Waals surface area contributed by atoms with Crippen molar-refractivity contribution in [2.24, 2.45) is 0 Å². The second-order valence-electron chi connectivity index (χ2n) is 5.84. The van der Waals surface area contributed by atoms with Gasteiger partial charge < -0.3 is 9.64 Å². The standard InChI is InChI=1S/C16H34N2O2/c1-7-18(8-2)13-11-10-12-16(6,17-14(4)5)15(19)20-9-3/h14,17H,7-13H2,1-6H3. The van der Waals surface area contributed by atoms with Crippen molar-refractivity contribution in [3.05, 3.63) is 0 Å². The van der Waals surface area contributed by atoms with Crippen molar-refractivity contribution < 1.29 is 9.53 Å². The highest BCUT2D eigenvalue weighted by Gasteiger charge is 2.34. The van der Waals surface area contributed by atoms with Crippen molar-refractivity contribution in [3.8, 4) is 0 Å². The third kappa shape index (κ3) is 7.25. The van der Waals surface area contributed by atoms with Crippen LogP contribution in [0.3, 0.4) is 0 Å². The number of nitrogens with zero attached hydrogens (tertiary/aromatic N) is 1. The van der Waals surface area contributed by atoms with Crippen LogP contribution in [-0.4, -0.2) is 48.7 Å². The largest absolute Gasteiger partial charge is 0.465 e. The van der Waals surface area contributed by atoms with Gasteiger partial charge in [-0.05, 0) is 66.6 Å². The van der Waals surface area contributed by atoms with Gasteiger partial charge in [-0.2, -0.15) is 0 Å². The van der Waals surface area contributed by atoms with Crippen LogP contribution >= 0.6 is 0 Å². The number of carbonyl (C=O) groups excluding carboxylic acids is 1. The van der Waals surface area contributed by atoms with Gasteiger partial charge in [0, 0.05) is 6.04 Å². The number of unbranched alkanes of at least 4 members (excludes halogenated alkanes) is 1. The van der Waals surface area contributed by atoms with E-state index in [9.17, 15) is 4.79 Å². The Bertz CT molecular complexity index is 265. The first kappa shape index (κ1) is 19.4.